The van der Waals surface area contributed by atoms with E-state index in [-0.39, 0.29) is 0 Å². The van der Waals surface area contributed by atoms with Gasteiger partial charge in [0, 0.05) is 11.5 Å². The van der Waals surface area contributed by atoms with Gasteiger partial charge < -0.3 is 0 Å². The zero-order chi connectivity index (χ0) is 14.6. The van der Waals surface area contributed by atoms with Crippen LogP contribution >= 0.6 is 0 Å². The molecule has 0 saturated heterocycles. The van der Waals surface area contributed by atoms with Gasteiger partial charge in [-0.05, 0) is 38.2 Å². The molecule has 0 nitrogen and oxygen atoms in total. The van der Waals surface area contributed by atoms with Gasteiger partial charge in [0.15, 0.2) is 0 Å². The smallest absolute Gasteiger partial charge is 0.166 e. The summed E-state index contributed by atoms with van der Waals surface area (Å²) in [5.41, 5.74) is 0.702. The Morgan fingerprint density at radius 2 is 1.90 bits per heavy atom. The lowest BCUT2D eigenvalue weighted by Gasteiger charge is -2.19. The van der Waals surface area contributed by atoms with Gasteiger partial charge in [-0.2, -0.15) is 13.2 Å². The van der Waals surface area contributed by atoms with Gasteiger partial charge in [-0.3, -0.25) is 0 Å². The molecule has 0 unspecified atom stereocenters. The van der Waals surface area contributed by atoms with Crippen LogP contribution in [-0.4, -0.2) is 6.18 Å². The predicted molar refractivity (Wildman–Crippen MR) is 75.0 cm³/mol. The van der Waals surface area contributed by atoms with Crippen LogP contribution in [0.25, 0.3) is 0 Å². The van der Waals surface area contributed by atoms with Crippen molar-refractivity contribution in [3.63, 3.8) is 0 Å². The third-order valence-electron chi connectivity index (χ3n) is 4.03. The number of hydrogen-bond donors (Lipinski definition) is 0. The lowest BCUT2D eigenvalue weighted by atomic mass is 9.89. The normalized spacial score (nSPS) is 20.7. The van der Waals surface area contributed by atoms with E-state index in [0.717, 1.165) is 50.5 Å². The van der Waals surface area contributed by atoms with E-state index < -0.39 is 11.7 Å². The minimum atomic E-state index is -4.28. The summed E-state index contributed by atoms with van der Waals surface area (Å²) in [4.78, 5) is 0. The Hall–Kier alpha value is -1.17. The van der Waals surface area contributed by atoms with Gasteiger partial charge in [0.1, 0.15) is 0 Å². The Kier molecular flexibility index (Phi) is 4.96. The molecule has 0 aromatic carbocycles. The van der Waals surface area contributed by atoms with E-state index in [4.69, 9.17) is 0 Å². The van der Waals surface area contributed by atoms with Gasteiger partial charge >= 0.3 is 6.18 Å². The summed E-state index contributed by atoms with van der Waals surface area (Å²) >= 11 is 0. The van der Waals surface area contributed by atoms with E-state index in [0.29, 0.717) is 17.9 Å². The summed E-state index contributed by atoms with van der Waals surface area (Å²) in [6.07, 6.45) is 4.27. The molecule has 0 spiro atoms. The van der Waals surface area contributed by atoms with Crippen LogP contribution in [0.2, 0.25) is 0 Å². The number of hydrogen-bond acceptors (Lipinski definition) is 0. The number of rotatable bonds is 2. The highest BCUT2D eigenvalue weighted by Gasteiger charge is 2.36. The Balaban J connectivity index is 2.25. The van der Waals surface area contributed by atoms with Crippen molar-refractivity contribution in [2.24, 2.45) is 5.92 Å². The van der Waals surface area contributed by atoms with Crippen molar-refractivity contribution in [2.45, 2.75) is 64.5 Å². The van der Waals surface area contributed by atoms with Gasteiger partial charge in [-0.15, -0.1) is 0 Å². The van der Waals surface area contributed by atoms with Gasteiger partial charge in [0.05, 0.1) is 5.57 Å². The second-order valence-electron chi connectivity index (χ2n) is 5.69. The first-order chi connectivity index (χ1) is 9.50. The number of halogens is 3. The quantitative estimate of drug-likeness (QED) is 0.582. The highest BCUT2D eigenvalue weighted by molar-refractivity contribution is 5.46. The third-order valence-corrected chi connectivity index (χ3v) is 4.03. The summed E-state index contributed by atoms with van der Waals surface area (Å²) in [7, 11) is 0. The van der Waals surface area contributed by atoms with Crippen LogP contribution in [0.4, 0.5) is 13.2 Å². The number of alkyl halides is 3. The molecular formula is C17H21F3. The molecular weight excluding hydrogens is 261 g/mol. The zero-order valence-electron chi connectivity index (χ0n) is 11.9. The fourth-order valence-corrected chi connectivity index (χ4v) is 2.94. The van der Waals surface area contributed by atoms with Crippen LogP contribution in [0.1, 0.15) is 58.3 Å². The monoisotopic (exact) mass is 282 g/mol. The van der Waals surface area contributed by atoms with Crippen LogP contribution in [0.15, 0.2) is 22.8 Å². The molecule has 2 aliphatic carbocycles. The second-order valence-corrected chi connectivity index (χ2v) is 5.69. The van der Waals surface area contributed by atoms with E-state index in [1.807, 2.05) is 6.92 Å². The summed E-state index contributed by atoms with van der Waals surface area (Å²) in [6, 6.07) is 0. The van der Waals surface area contributed by atoms with Crippen LogP contribution in [0.3, 0.4) is 0 Å². The topological polar surface area (TPSA) is 0 Å². The standard InChI is InChI=1S/C17H21F3/c1-2-5-14-9-11-15(16(12-14)17(18,19)20)10-8-13-6-3-4-7-13/h12-13H,2-7,9,11H2,1H3. The number of allylic oxidation sites excluding steroid dienone is 4. The molecule has 0 aromatic heterocycles. The summed E-state index contributed by atoms with van der Waals surface area (Å²) in [5.74, 6) is 6.21. The summed E-state index contributed by atoms with van der Waals surface area (Å²) in [5, 5.41) is 0. The second kappa shape index (κ2) is 6.52. The van der Waals surface area contributed by atoms with Crippen molar-refractivity contribution >= 4 is 0 Å². The maximum atomic E-state index is 13.1. The fraction of sp³-hybridized carbons (Fsp3) is 0.647. The largest absolute Gasteiger partial charge is 0.417 e. The minimum Gasteiger partial charge on any atom is -0.166 e. The van der Waals surface area contributed by atoms with Crippen molar-refractivity contribution in [2.75, 3.05) is 0 Å². The highest BCUT2D eigenvalue weighted by Crippen LogP contribution is 2.36. The van der Waals surface area contributed by atoms with Crippen molar-refractivity contribution in [3.05, 3.63) is 22.8 Å². The molecule has 3 heteroatoms. The average molecular weight is 282 g/mol. The molecule has 0 atom stereocenters. The predicted octanol–water partition coefficient (Wildman–Crippen LogP) is 5.56. The van der Waals surface area contributed by atoms with E-state index in [1.54, 1.807) is 0 Å². The Morgan fingerprint density at radius 1 is 1.20 bits per heavy atom. The van der Waals surface area contributed by atoms with Gasteiger partial charge in [-0.25, -0.2) is 0 Å². The first-order valence-corrected chi connectivity index (χ1v) is 7.52. The molecule has 1 saturated carbocycles. The van der Waals surface area contributed by atoms with E-state index >= 15 is 0 Å². The molecule has 2 rings (SSSR count). The van der Waals surface area contributed by atoms with Gasteiger partial charge in [-0.1, -0.05) is 43.6 Å². The van der Waals surface area contributed by atoms with Crippen LogP contribution in [0.5, 0.6) is 0 Å². The van der Waals surface area contributed by atoms with Crippen LogP contribution in [-0.2, 0) is 0 Å². The Labute approximate surface area is 119 Å². The van der Waals surface area contributed by atoms with E-state index in [2.05, 4.69) is 11.8 Å². The molecule has 0 amide bonds. The van der Waals surface area contributed by atoms with E-state index in [9.17, 15) is 13.2 Å². The molecule has 0 bridgehead atoms. The van der Waals surface area contributed by atoms with E-state index in [1.165, 1.54) is 6.08 Å². The van der Waals surface area contributed by atoms with Crippen molar-refractivity contribution < 1.29 is 13.2 Å². The average Bonchev–Trinajstić information content (AvgIpc) is 2.89. The SMILES string of the molecule is CCCC1=CC(C(F)(F)F)=C(C#CC2CCCC2)CC1. The lowest BCUT2D eigenvalue weighted by Crippen LogP contribution is -2.15. The lowest BCUT2D eigenvalue weighted by molar-refractivity contribution is -0.0891. The molecule has 20 heavy (non-hydrogen) atoms. The van der Waals surface area contributed by atoms with Crippen molar-refractivity contribution in [3.8, 4) is 11.8 Å². The van der Waals surface area contributed by atoms with Crippen molar-refractivity contribution in [1.29, 1.82) is 0 Å². The molecule has 0 aliphatic heterocycles. The summed E-state index contributed by atoms with van der Waals surface area (Å²) < 4.78 is 39.4. The first-order valence-electron chi connectivity index (χ1n) is 7.52. The first kappa shape index (κ1) is 15.2. The summed E-state index contributed by atoms with van der Waals surface area (Å²) in [6.45, 7) is 1.99. The zero-order valence-corrected chi connectivity index (χ0v) is 11.9. The highest BCUT2D eigenvalue weighted by atomic mass is 19.4. The van der Waals surface area contributed by atoms with Crippen molar-refractivity contribution in [1.82, 2.24) is 0 Å². The molecule has 0 N–H and O–H groups in total. The molecule has 0 heterocycles. The van der Waals surface area contributed by atoms with Gasteiger partial charge in [0.2, 0.25) is 0 Å². The minimum absolute atomic E-state index is 0.296. The van der Waals surface area contributed by atoms with Crippen LogP contribution in [0, 0.1) is 17.8 Å². The maximum absolute atomic E-state index is 13.1. The molecule has 110 valence electrons. The molecule has 0 aromatic rings. The maximum Gasteiger partial charge on any atom is 0.417 e. The molecule has 2 aliphatic rings. The molecule has 0 radical (unpaired) electrons. The Bertz CT molecular complexity index is 463. The third kappa shape index (κ3) is 3.91. The Morgan fingerprint density at radius 3 is 2.50 bits per heavy atom. The van der Waals surface area contributed by atoms with Crippen LogP contribution < -0.4 is 0 Å². The van der Waals surface area contributed by atoms with Gasteiger partial charge in [0.25, 0.3) is 0 Å². The molecule has 1 fully saturated rings. The fourth-order valence-electron chi connectivity index (χ4n) is 2.94.